The average Bonchev–Trinajstić information content (AvgIpc) is 2.95. The molecule has 1 heterocycles. The van der Waals surface area contributed by atoms with Crippen molar-refractivity contribution in [3.05, 3.63) is 30.0 Å². The van der Waals surface area contributed by atoms with Gasteiger partial charge in [0, 0.05) is 42.5 Å². The molecule has 0 atom stereocenters. The highest BCUT2D eigenvalue weighted by Gasteiger charge is 2.30. The predicted octanol–water partition coefficient (Wildman–Crippen LogP) is 4.81. The number of aromatic nitrogens is 1. The van der Waals surface area contributed by atoms with E-state index in [1.165, 1.54) is 4.57 Å². The van der Waals surface area contributed by atoms with Crippen LogP contribution in [-0.2, 0) is 11.3 Å². The molecule has 7 heteroatoms. The van der Waals surface area contributed by atoms with Crippen molar-refractivity contribution in [2.75, 3.05) is 32.6 Å². The highest BCUT2D eigenvalue weighted by atomic mass is 19.4. The lowest BCUT2D eigenvalue weighted by Crippen LogP contribution is -2.39. The first-order valence-electron chi connectivity index (χ1n) is 9.90. The number of hydrogen-bond acceptors (Lipinski definition) is 3. The Morgan fingerprint density at radius 3 is 2.57 bits per heavy atom. The van der Waals surface area contributed by atoms with Gasteiger partial charge in [-0.25, -0.2) is 0 Å². The second-order valence-electron chi connectivity index (χ2n) is 7.85. The van der Waals surface area contributed by atoms with Crippen LogP contribution in [0.5, 0.6) is 0 Å². The molecule has 0 spiro atoms. The van der Waals surface area contributed by atoms with Gasteiger partial charge >= 0.3 is 6.18 Å². The third kappa shape index (κ3) is 5.00. The van der Waals surface area contributed by atoms with E-state index in [9.17, 15) is 13.2 Å². The van der Waals surface area contributed by atoms with Gasteiger partial charge in [0.1, 0.15) is 6.54 Å². The molecule has 1 aromatic carbocycles. The summed E-state index contributed by atoms with van der Waals surface area (Å²) in [5, 5.41) is 4.46. The fourth-order valence-corrected chi connectivity index (χ4v) is 4.23. The summed E-state index contributed by atoms with van der Waals surface area (Å²) in [6.45, 7) is 2.46. The SMILES string of the molecule is COCCN(C)C1CCC(Nc2cccc3c2cc(C)n3CC(F)(F)F)CC1. The fourth-order valence-electron chi connectivity index (χ4n) is 4.23. The zero-order chi connectivity index (χ0) is 20.3. The third-order valence-corrected chi connectivity index (χ3v) is 5.82. The predicted molar refractivity (Wildman–Crippen MR) is 107 cm³/mol. The van der Waals surface area contributed by atoms with E-state index >= 15 is 0 Å². The molecule has 1 aromatic heterocycles. The molecule has 1 fully saturated rings. The van der Waals surface area contributed by atoms with E-state index in [2.05, 4.69) is 17.3 Å². The molecular weight excluding hydrogens is 367 g/mol. The lowest BCUT2D eigenvalue weighted by atomic mass is 9.90. The van der Waals surface area contributed by atoms with Gasteiger partial charge in [-0.05, 0) is 57.9 Å². The van der Waals surface area contributed by atoms with Gasteiger partial charge in [-0.15, -0.1) is 0 Å². The van der Waals surface area contributed by atoms with Crippen molar-refractivity contribution in [1.82, 2.24) is 9.47 Å². The van der Waals surface area contributed by atoms with Crippen molar-refractivity contribution in [3.63, 3.8) is 0 Å². The molecule has 0 aliphatic heterocycles. The molecule has 0 radical (unpaired) electrons. The van der Waals surface area contributed by atoms with Crippen LogP contribution in [0.2, 0.25) is 0 Å². The van der Waals surface area contributed by atoms with Crippen molar-refractivity contribution in [3.8, 4) is 0 Å². The summed E-state index contributed by atoms with van der Waals surface area (Å²) in [5.74, 6) is 0. The summed E-state index contributed by atoms with van der Waals surface area (Å²) >= 11 is 0. The van der Waals surface area contributed by atoms with Crippen LogP contribution in [-0.4, -0.2) is 55.0 Å². The van der Waals surface area contributed by atoms with Gasteiger partial charge in [0.15, 0.2) is 0 Å². The Bertz CT molecular complexity index is 779. The van der Waals surface area contributed by atoms with Gasteiger partial charge < -0.3 is 19.5 Å². The summed E-state index contributed by atoms with van der Waals surface area (Å²) < 4.78 is 45.3. The largest absolute Gasteiger partial charge is 0.406 e. The fraction of sp³-hybridized carbons (Fsp3) is 0.619. The number of benzene rings is 1. The van der Waals surface area contributed by atoms with E-state index in [1.807, 2.05) is 18.2 Å². The molecule has 0 amide bonds. The minimum atomic E-state index is -4.23. The van der Waals surface area contributed by atoms with Crippen molar-refractivity contribution < 1.29 is 17.9 Å². The summed E-state index contributed by atoms with van der Waals surface area (Å²) in [5.41, 5.74) is 2.19. The molecule has 156 valence electrons. The van der Waals surface area contributed by atoms with Gasteiger partial charge in [-0.2, -0.15) is 13.2 Å². The number of halogens is 3. The number of ether oxygens (including phenoxy) is 1. The molecule has 2 aromatic rings. The Hall–Kier alpha value is -1.73. The molecule has 1 aliphatic rings. The molecule has 3 rings (SSSR count). The topological polar surface area (TPSA) is 29.4 Å². The maximum atomic E-state index is 12.9. The van der Waals surface area contributed by atoms with Crippen LogP contribution < -0.4 is 5.32 Å². The normalized spacial score (nSPS) is 20.8. The monoisotopic (exact) mass is 397 g/mol. The number of likely N-dealkylation sites (N-methyl/N-ethyl adjacent to an activating group) is 1. The lowest BCUT2D eigenvalue weighted by molar-refractivity contribution is -0.140. The molecule has 1 saturated carbocycles. The first-order valence-corrected chi connectivity index (χ1v) is 9.90. The molecule has 1 aliphatic carbocycles. The number of nitrogens with zero attached hydrogens (tertiary/aromatic N) is 2. The second kappa shape index (κ2) is 8.74. The van der Waals surface area contributed by atoms with Gasteiger partial charge in [0.25, 0.3) is 0 Å². The molecule has 4 nitrogen and oxygen atoms in total. The highest BCUT2D eigenvalue weighted by molar-refractivity contribution is 5.93. The number of methoxy groups -OCH3 is 1. The van der Waals surface area contributed by atoms with Crippen LogP contribution in [0.4, 0.5) is 18.9 Å². The van der Waals surface area contributed by atoms with Gasteiger partial charge in [0.2, 0.25) is 0 Å². The molecule has 0 saturated heterocycles. The number of fused-ring (bicyclic) bond motifs is 1. The molecule has 0 unspecified atom stereocenters. The molecule has 0 bridgehead atoms. The van der Waals surface area contributed by atoms with Crippen LogP contribution >= 0.6 is 0 Å². The minimum absolute atomic E-state index is 0.351. The van der Waals surface area contributed by atoms with E-state index in [1.54, 1.807) is 20.1 Å². The Kier molecular flexibility index (Phi) is 6.55. The molecule has 28 heavy (non-hydrogen) atoms. The van der Waals surface area contributed by atoms with Gasteiger partial charge in [0.05, 0.1) is 12.1 Å². The van der Waals surface area contributed by atoms with Crippen LogP contribution in [0, 0.1) is 6.92 Å². The summed E-state index contributed by atoms with van der Waals surface area (Å²) in [6, 6.07) is 8.34. The number of aryl methyl sites for hydroxylation is 1. The summed E-state index contributed by atoms with van der Waals surface area (Å²) in [6.07, 6.45) is 0.110. The number of nitrogens with one attached hydrogen (secondary N) is 1. The van der Waals surface area contributed by atoms with E-state index in [4.69, 9.17) is 4.74 Å². The smallest absolute Gasteiger partial charge is 0.383 e. The summed E-state index contributed by atoms with van der Waals surface area (Å²) in [7, 11) is 3.86. The second-order valence-corrected chi connectivity index (χ2v) is 7.85. The lowest BCUT2D eigenvalue weighted by Gasteiger charge is -2.35. The van der Waals surface area contributed by atoms with Gasteiger partial charge in [-0.1, -0.05) is 6.07 Å². The van der Waals surface area contributed by atoms with E-state index in [0.717, 1.165) is 49.9 Å². The van der Waals surface area contributed by atoms with Crippen LogP contribution in [0.15, 0.2) is 24.3 Å². The first-order chi connectivity index (χ1) is 13.3. The Morgan fingerprint density at radius 2 is 1.93 bits per heavy atom. The van der Waals surface area contributed by atoms with Crippen molar-refractivity contribution in [1.29, 1.82) is 0 Å². The maximum absolute atomic E-state index is 12.9. The Balaban J connectivity index is 1.68. The quantitative estimate of drug-likeness (QED) is 0.727. The van der Waals surface area contributed by atoms with E-state index < -0.39 is 12.7 Å². The van der Waals surface area contributed by atoms with Crippen LogP contribution in [0.1, 0.15) is 31.4 Å². The Labute approximate surface area is 164 Å². The zero-order valence-corrected chi connectivity index (χ0v) is 16.9. The Morgan fingerprint density at radius 1 is 1.21 bits per heavy atom. The number of anilines is 1. The average molecular weight is 397 g/mol. The number of alkyl halides is 3. The van der Waals surface area contributed by atoms with E-state index in [0.29, 0.717) is 23.3 Å². The summed E-state index contributed by atoms with van der Waals surface area (Å²) in [4.78, 5) is 2.36. The first kappa shape index (κ1) is 21.0. The van der Waals surface area contributed by atoms with Crippen LogP contribution in [0.3, 0.4) is 0 Å². The third-order valence-electron chi connectivity index (χ3n) is 5.82. The van der Waals surface area contributed by atoms with Crippen LogP contribution in [0.25, 0.3) is 10.9 Å². The van der Waals surface area contributed by atoms with Crippen molar-refractivity contribution in [2.24, 2.45) is 0 Å². The minimum Gasteiger partial charge on any atom is -0.383 e. The zero-order valence-electron chi connectivity index (χ0n) is 16.9. The van der Waals surface area contributed by atoms with E-state index in [-0.39, 0.29) is 0 Å². The maximum Gasteiger partial charge on any atom is 0.406 e. The van der Waals surface area contributed by atoms with Crippen molar-refractivity contribution >= 4 is 16.6 Å². The van der Waals surface area contributed by atoms with Gasteiger partial charge in [-0.3, -0.25) is 0 Å². The highest BCUT2D eigenvalue weighted by Crippen LogP contribution is 2.32. The number of rotatable bonds is 7. The molecular formula is C21H30F3N3O. The number of hydrogen-bond donors (Lipinski definition) is 1. The standard InChI is InChI=1S/C21H30F3N3O/c1-15-13-18-19(5-4-6-20(18)27(15)14-21(22,23)24)25-16-7-9-17(10-8-16)26(2)11-12-28-3/h4-6,13,16-17,25H,7-12,14H2,1-3H3. The molecule has 1 N–H and O–H groups in total. The van der Waals surface area contributed by atoms with Crippen molar-refractivity contribution in [2.45, 2.75) is 57.4 Å².